The first kappa shape index (κ1) is 28.2. The van der Waals surface area contributed by atoms with Crippen LogP contribution in [0.15, 0.2) is 186 Å². The standard InChI is InChI=1S/C50H30O/c1-2-13-32-29-48-46(27-31(32)12-1)40-25-24-36(30-47(40)51-48)50-43-22-9-7-20-41(43)49(42-21-8-10-23-44(42)50)35-16-11-15-33(26-35)45-28-34-14-3-4-17-37(34)38-18-5-6-19-39(38)45/h1-30H. The molecule has 0 radical (unpaired) electrons. The van der Waals surface area contributed by atoms with Gasteiger partial charge in [0.2, 0.25) is 0 Å². The van der Waals surface area contributed by atoms with Crippen LogP contribution in [0.2, 0.25) is 0 Å². The lowest BCUT2D eigenvalue weighted by Gasteiger charge is -2.18. The summed E-state index contributed by atoms with van der Waals surface area (Å²) in [6.45, 7) is 0. The fourth-order valence-corrected chi connectivity index (χ4v) is 8.50. The van der Waals surface area contributed by atoms with Gasteiger partial charge < -0.3 is 4.42 Å². The maximum atomic E-state index is 6.55. The van der Waals surface area contributed by atoms with E-state index in [0.29, 0.717) is 0 Å². The first-order chi connectivity index (χ1) is 25.3. The Kier molecular flexibility index (Phi) is 6.02. The van der Waals surface area contributed by atoms with Gasteiger partial charge in [0.1, 0.15) is 11.2 Å². The minimum Gasteiger partial charge on any atom is -0.456 e. The van der Waals surface area contributed by atoms with Crippen LogP contribution < -0.4 is 0 Å². The topological polar surface area (TPSA) is 13.1 Å². The quantitative estimate of drug-likeness (QED) is 0.138. The van der Waals surface area contributed by atoms with E-state index in [9.17, 15) is 0 Å². The molecule has 11 rings (SSSR count). The predicted octanol–water partition coefficient (Wildman–Crippen LogP) is 14.4. The summed E-state index contributed by atoms with van der Waals surface area (Å²) < 4.78 is 6.55. The normalized spacial score (nSPS) is 11.9. The fourth-order valence-electron chi connectivity index (χ4n) is 8.50. The number of rotatable bonds is 3. The second-order valence-electron chi connectivity index (χ2n) is 13.6. The Morgan fingerprint density at radius 2 is 0.765 bits per heavy atom. The van der Waals surface area contributed by atoms with Crippen LogP contribution in [-0.4, -0.2) is 0 Å². The van der Waals surface area contributed by atoms with Crippen molar-refractivity contribution >= 4 is 75.8 Å². The molecule has 0 fully saturated rings. The van der Waals surface area contributed by atoms with Gasteiger partial charge in [-0.2, -0.15) is 0 Å². The highest BCUT2D eigenvalue weighted by Crippen LogP contribution is 2.46. The van der Waals surface area contributed by atoms with E-state index in [2.05, 4.69) is 182 Å². The second-order valence-corrected chi connectivity index (χ2v) is 13.6. The van der Waals surface area contributed by atoms with E-state index in [1.165, 1.54) is 81.7 Å². The van der Waals surface area contributed by atoms with Gasteiger partial charge in [-0.3, -0.25) is 0 Å². The van der Waals surface area contributed by atoms with Crippen LogP contribution in [0, 0.1) is 0 Å². The maximum absolute atomic E-state index is 6.55. The monoisotopic (exact) mass is 646 g/mol. The molecule has 1 nitrogen and oxygen atoms in total. The van der Waals surface area contributed by atoms with Crippen molar-refractivity contribution in [2.75, 3.05) is 0 Å². The van der Waals surface area contributed by atoms with Gasteiger partial charge in [0.15, 0.2) is 0 Å². The first-order valence-corrected chi connectivity index (χ1v) is 17.6. The zero-order valence-electron chi connectivity index (χ0n) is 27.7. The summed E-state index contributed by atoms with van der Waals surface area (Å²) >= 11 is 0. The summed E-state index contributed by atoms with van der Waals surface area (Å²) in [5, 5.41) is 14.7. The zero-order valence-corrected chi connectivity index (χ0v) is 27.7. The van der Waals surface area contributed by atoms with E-state index in [1.54, 1.807) is 0 Å². The minimum absolute atomic E-state index is 0.908. The van der Waals surface area contributed by atoms with Gasteiger partial charge in [-0.15, -0.1) is 0 Å². The van der Waals surface area contributed by atoms with Crippen LogP contribution in [0.3, 0.4) is 0 Å². The van der Waals surface area contributed by atoms with Gasteiger partial charge in [0.25, 0.3) is 0 Å². The molecule has 236 valence electrons. The molecule has 0 aliphatic heterocycles. The molecule has 0 bridgehead atoms. The molecule has 0 N–H and O–H groups in total. The number of benzene rings is 10. The third kappa shape index (κ3) is 4.28. The number of furan rings is 1. The first-order valence-electron chi connectivity index (χ1n) is 17.6. The molecule has 0 aliphatic carbocycles. The van der Waals surface area contributed by atoms with Crippen molar-refractivity contribution in [3.8, 4) is 33.4 Å². The zero-order chi connectivity index (χ0) is 33.5. The van der Waals surface area contributed by atoms with E-state index in [-0.39, 0.29) is 0 Å². The van der Waals surface area contributed by atoms with Crippen molar-refractivity contribution < 1.29 is 4.42 Å². The molecular formula is C50H30O. The Morgan fingerprint density at radius 1 is 0.255 bits per heavy atom. The van der Waals surface area contributed by atoms with Crippen LogP contribution in [0.1, 0.15) is 0 Å². The van der Waals surface area contributed by atoms with Crippen molar-refractivity contribution in [3.05, 3.63) is 182 Å². The molecule has 0 aliphatic rings. The molecule has 0 spiro atoms. The summed E-state index contributed by atoms with van der Waals surface area (Å²) in [5.41, 5.74) is 9.15. The van der Waals surface area contributed by atoms with Crippen LogP contribution in [0.25, 0.3) is 109 Å². The maximum Gasteiger partial charge on any atom is 0.136 e. The predicted molar refractivity (Wildman–Crippen MR) is 218 cm³/mol. The summed E-state index contributed by atoms with van der Waals surface area (Å²) in [7, 11) is 0. The highest BCUT2D eigenvalue weighted by atomic mass is 16.3. The Balaban J connectivity index is 1.14. The Hall–Kier alpha value is -6.70. The van der Waals surface area contributed by atoms with Crippen molar-refractivity contribution in [3.63, 3.8) is 0 Å². The van der Waals surface area contributed by atoms with Gasteiger partial charge >= 0.3 is 0 Å². The average Bonchev–Trinajstić information content (AvgIpc) is 3.55. The van der Waals surface area contributed by atoms with Crippen LogP contribution in [0.5, 0.6) is 0 Å². The molecule has 11 aromatic rings. The molecule has 0 saturated carbocycles. The summed E-state index contributed by atoms with van der Waals surface area (Å²) in [4.78, 5) is 0. The van der Waals surface area contributed by atoms with Crippen molar-refractivity contribution in [2.45, 2.75) is 0 Å². The smallest absolute Gasteiger partial charge is 0.136 e. The Labute approximate surface area is 294 Å². The lowest BCUT2D eigenvalue weighted by atomic mass is 9.85. The average molecular weight is 647 g/mol. The van der Waals surface area contributed by atoms with E-state index in [1.807, 2.05) is 0 Å². The van der Waals surface area contributed by atoms with Gasteiger partial charge in [-0.05, 0) is 124 Å². The third-order valence-electron chi connectivity index (χ3n) is 10.8. The molecule has 1 heteroatoms. The third-order valence-corrected chi connectivity index (χ3v) is 10.8. The summed E-state index contributed by atoms with van der Waals surface area (Å²) in [6.07, 6.45) is 0. The van der Waals surface area contributed by atoms with E-state index >= 15 is 0 Å². The molecule has 0 unspecified atom stereocenters. The molecule has 51 heavy (non-hydrogen) atoms. The van der Waals surface area contributed by atoms with Crippen molar-refractivity contribution in [1.29, 1.82) is 0 Å². The summed E-state index contributed by atoms with van der Waals surface area (Å²) in [5.74, 6) is 0. The Bertz CT molecular complexity index is 3140. The van der Waals surface area contributed by atoms with Gasteiger partial charge in [0, 0.05) is 10.8 Å². The van der Waals surface area contributed by atoms with Gasteiger partial charge in [-0.1, -0.05) is 146 Å². The van der Waals surface area contributed by atoms with Crippen LogP contribution in [0.4, 0.5) is 0 Å². The highest BCUT2D eigenvalue weighted by Gasteiger charge is 2.19. The van der Waals surface area contributed by atoms with Gasteiger partial charge in [-0.25, -0.2) is 0 Å². The molecule has 0 saturated heterocycles. The van der Waals surface area contributed by atoms with E-state index in [4.69, 9.17) is 4.42 Å². The highest BCUT2D eigenvalue weighted by molar-refractivity contribution is 6.22. The number of hydrogen-bond donors (Lipinski definition) is 0. The van der Waals surface area contributed by atoms with Crippen molar-refractivity contribution in [1.82, 2.24) is 0 Å². The number of fused-ring (bicyclic) bond motifs is 9. The fraction of sp³-hybridized carbons (Fsp3) is 0. The lowest BCUT2D eigenvalue weighted by molar-refractivity contribution is 0.669. The molecular weight excluding hydrogens is 617 g/mol. The molecule has 1 heterocycles. The molecule has 0 amide bonds. The van der Waals surface area contributed by atoms with Crippen LogP contribution in [-0.2, 0) is 0 Å². The second kappa shape index (κ2) is 10.9. The lowest BCUT2D eigenvalue weighted by Crippen LogP contribution is -1.91. The van der Waals surface area contributed by atoms with E-state index < -0.39 is 0 Å². The van der Waals surface area contributed by atoms with E-state index in [0.717, 1.165) is 27.5 Å². The molecule has 1 aromatic heterocycles. The van der Waals surface area contributed by atoms with Gasteiger partial charge in [0.05, 0.1) is 0 Å². The summed E-state index contributed by atoms with van der Waals surface area (Å²) in [6, 6.07) is 66.4. The largest absolute Gasteiger partial charge is 0.456 e. The molecule has 10 aromatic carbocycles. The Morgan fingerprint density at radius 3 is 1.45 bits per heavy atom. The van der Waals surface area contributed by atoms with Crippen LogP contribution >= 0.6 is 0 Å². The molecule has 0 atom stereocenters. The SMILES string of the molecule is c1cc(-c2c3ccccc3c(-c3ccc4c(c3)oc3cc5ccccc5cc34)c3ccccc23)cc(-c2cc3ccccc3c3ccccc23)c1. The van der Waals surface area contributed by atoms with Crippen molar-refractivity contribution in [2.24, 2.45) is 0 Å². The number of hydrogen-bond acceptors (Lipinski definition) is 1. The minimum atomic E-state index is 0.908.